The van der Waals surface area contributed by atoms with E-state index in [1.807, 2.05) is 6.26 Å². The van der Waals surface area contributed by atoms with Gasteiger partial charge in [-0.2, -0.15) is 0 Å². The quantitative estimate of drug-likeness (QED) is 0.210. The molecule has 166 valence electrons. The monoisotopic (exact) mass is 485 g/mol. The number of thiophene rings is 1. The lowest BCUT2D eigenvalue weighted by molar-refractivity contribution is -0.0543. The van der Waals surface area contributed by atoms with Crippen molar-refractivity contribution in [3.63, 3.8) is 0 Å². The van der Waals surface area contributed by atoms with Crippen LogP contribution in [0.4, 0.5) is 0 Å². The van der Waals surface area contributed by atoms with Crippen molar-refractivity contribution in [2.45, 2.75) is 49.1 Å². The van der Waals surface area contributed by atoms with E-state index < -0.39 is 0 Å². The number of benzene rings is 1. The summed E-state index contributed by atoms with van der Waals surface area (Å²) in [7, 11) is 0. The molecular formula is C23H23N3O3S3. The van der Waals surface area contributed by atoms with Crippen LogP contribution in [-0.4, -0.2) is 50.8 Å². The standard InChI is InChI=1S/C23H23N3O3S3/c1-4-23(2)11-15-16(12-29-23)32-19-17(15)18(24-22(25-19)30-3)31-10-9-26-20(27)13-7-5-6-8-14(13)21(26)28/h5-8H,4,9-12H2,1-3H3. The Kier molecular flexibility index (Phi) is 5.77. The lowest BCUT2D eigenvalue weighted by Crippen LogP contribution is -2.34. The Labute approximate surface area is 199 Å². The van der Waals surface area contributed by atoms with E-state index in [0.717, 1.165) is 33.2 Å². The van der Waals surface area contributed by atoms with Crippen molar-refractivity contribution in [2.24, 2.45) is 0 Å². The Morgan fingerprint density at radius 1 is 1.19 bits per heavy atom. The Balaban J connectivity index is 1.41. The van der Waals surface area contributed by atoms with E-state index in [4.69, 9.17) is 14.7 Å². The summed E-state index contributed by atoms with van der Waals surface area (Å²) < 4.78 is 6.14. The number of fused-ring (bicyclic) bond motifs is 4. The van der Waals surface area contributed by atoms with Gasteiger partial charge >= 0.3 is 0 Å². The Bertz CT molecular complexity index is 1210. The predicted molar refractivity (Wildman–Crippen MR) is 129 cm³/mol. The van der Waals surface area contributed by atoms with Crippen LogP contribution in [-0.2, 0) is 17.8 Å². The van der Waals surface area contributed by atoms with Crippen molar-refractivity contribution in [3.05, 3.63) is 45.8 Å². The number of carbonyl (C=O) groups is 2. The summed E-state index contributed by atoms with van der Waals surface area (Å²) >= 11 is 4.79. The van der Waals surface area contributed by atoms with E-state index in [0.29, 0.717) is 30.0 Å². The smallest absolute Gasteiger partial charge is 0.261 e. The first-order valence-corrected chi connectivity index (χ1v) is 13.5. The van der Waals surface area contributed by atoms with Crippen LogP contribution in [0.2, 0.25) is 0 Å². The number of carbonyl (C=O) groups excluding carboxylic acids is 2. The zero-order valence-electron chi connectivity index (χ0n) is 18.1. The van der Waals surface area contributed by atoms with Crippen molar-refractivity contribution >= 4 is 56.9 Å². The number of thioether (sulfide) groups is 2. The summed E-state index contributed by atoms with van der Waals surface area (Å²) in [6.45, 7) is 5.26. The molecule has 0 radical (unpaired) electrons. The van der Waals surface area contributed by atoms with Gasteiger partial charge in [0.25, 0.3) is 11.8 Å². The molecule has 1 unspecified atom stereocenters. The number of ether oxygens (including phenoxy) is 1. The maximum Gasteiger partial charge on any atom is 0.261 e. The Morgan fingerprint density at radius 3 is 2.56 bits per heavy atom. The fourth-order valence-electron chi connectivity index (χ4n) is 4.12. The summed E-state index contributed by atoms with van der Waals surface area (Å²) in [6, 6.07) is 7.01. The van der Waals surface area contributed by atoms with Crippen molar-refractivity contribution < 1.29 is 14.3 Å². The average molecular weight is 486 g/mol. The van der Waals surface area contributed by atoms with Gasteiger partial charge in [0, 0.05) is 29.0 Å². The maximum atomic E-state index is 12.7. The molecule has 0 aliphatic carbocycles. The average Bonchev–Trinajstić information content (AvgIpc) is 3.29. The van der Waals surface area contributed by atoms with E-state index in [1.54, 1.807) is 47.4 Å². The normalized spacial score (nSPS) is 20.2. The van der Waals surface area contributed by atoms with Gasteiger partial charge in [-0.1, -0.05) is 30.8 Å². The van der Waals surface area contributed by atoms with E-state index in [-0.39, 0.29) is 17.4 Å². The molecule has 0 fully saturated rings. The lowest BCUT2D eigenvalue weighted by Gasteiger charge is -2.33. The van der Waals surface area contributed by atoms with Crippen LogP contribution >= 0.6 is 34.9 Å². The minimum Gasteiger partial charge on any atom is -0.369 e. The molecule has 1 atom stereocenters. The molecule has 0 saturated carbocycles. The molecule has 2 amide bonds. The van der Waals surface area contributed by atoms with Crippen molar-refractivity contribution in [3.8, 4) is 0 Å². The molecule has 2 aliphatic heterocycles. The van der Waals surface area contributed by atoms with Crippen molar-refractivity contribution in [2.75, 3.05) is 18.6 Å². The van der Waals surface area contributed by atoms with Gasteiger partial charge in [0.2, 0.25) is 0 Å². The van der Waals surface area contributed by atoms with Gasteiger partial charge in [-0.25, -0.2) is 9.97 Å². The predicted octanol–water partition coefficient (Wildman–Crippen LogP) is 5.04. The summed E-state index contributed by atoms with van der Waals surface area (Å²) in [6.07, 6.45) is 3.75. The largest absolute Gasteiger partial charge is 0.369 e. The number of amides is 2. The second-order valence-electron chi connectivity index (χ2n) is 8.12. The third-order valence-electron chi connectivity index (χ3n) is 6.15. The molecule has 4 heterocycles. The molecule has 3 aromatic rings. The maximum absolute atomic E-state index is 12.7. The SMILES string of the molecule is CCC1(C)Cc2c(sc3nc(SC)nc(SCCN4C(=O)c5ccccc5C4=O)c23)CO1. The van der Waals surface area contributed by atoms with Crippen LogP contribution in [0.25, 0.3) is 10.2 Å². The van der Waals surface area contributed by atoms with Gasteiger partial charge in [0.1, 0.15) is 9.86 Å². The second kappa shape index (κ2) is 8.44. The summed E-state index contributed by atoms with van der Waals surface area (Å²) in [5.41, 5.74) is 2.09. The van der Waals surface area contributed by atoms with Crippen LogP contribution in [0.3, 0.4) is 0 Å². The molecule has 0 N–H and O–H groups in total. The second-order valence-corrected chi connectivity index (χ2v) is 11.1. The molecule has 1 aromatic carbocycles. The first-order chi connectivity index (χ1) is 15.4. The molecular weight excluding hydrogens is 462 g/mol. The summed E-state index contributed by atoms with van der Waals surface area (Å²) in [4.78, 5) is 38.5. The fraction of sp³-hybridized carbons (Fsp3) is 0.391. The van der Waals surface area contributed by atoms with Crippen LogP contribution in [0.1, 0.15) is 51.4 Å². The first kappa shape index (κ1) is 21.9. The minimum absolute atomic E-state index is 0.179. The topological polar surface area (TPSA) is 72.4 Å². The number of imide groups is 1. The highest BCUT2D eigenvalue weighted by Crippen LogP contribution is 2.43. The van der Waals surface area contributed by atoms with Crippen LogP contribution < -0.4 is 0 Å². The molecule has 5 rings (SSSR count). The minimum atomic E-state index is -0.215. The molecule has 32 heavy (non-hydrogen) atoms. The first-order valence-electron chi connectivity index (χ1n) is 10.5. The van der Waals surface area contributed by atoms with Crippen LogP contribution in [0.15, 0.2) is 34.4 Å². The molecule has 0 spiro atoms. The van der Waals surface area contributed by atoms with Gasteiger partial charge in [0.05, 0.1) is 23.3 Å². The lowest BCUT2D eigenvalue weighted by atomic mass is 9.90. The van der Waals surface area contributed by atoms with Gasteiger partial charge < -0.3 is 4.74 Å². The Morgan fingerprint density at radius 2 is 1.91 bits per heavy atom. The molecule has 6 nitrogen and oxygen atoms in total. The zero-order chi connectivity index (χ0) is 22.5. The fourth-order valence-corrected chi connectivity index (χ4v) is 6.75. The summed E-state index contributed by atoms with van der Waals surface area (Å²) in [5.74, 6) is 0.151. The van der Waals surface area contributed by atoms with Gasteiger partial charge in [-0.05, 0) is 37.3 Å². The highest BCUT2D eigenvalue weighted by molar-refractivity contribution is 7.99. The van der Waals surface area contributed by atoms with Gasteiger partial charge in [-0.3, -0.25) is 14.5 Å². The molecule has 2 aromatic heterocycles. The molecule has 2 aliphatic rings. The van der Waals surface area contributed by atoms with E-state index in [9.17, 15) is 9.59 Å². The molecule has 0 saturated heterocycles. The Hall–Kier alpha value is -1.94. The number of aromatic nitrogens is 2. The van der Waals surface area contributed by atoms with E-state index in [2.05, 4.69) is 13.8 Å². The van der Waals surface area contributed by atoms with Gasteiger partial charge in [-0.15, -0.1) is 23.1 Å². The number of hydrogen-bond acceptors (Lipinski definition) is 8. The number of rotatable bonds is 6. The van der Waals surface area contributed by atoms with Crippen LogP contribution in [0.5, 0.6) is 0 Å². The molecule has 9 heteroatoms. The highest BCUT2D eigenvalue weighted by atomic mass is 32.2. The van der Waals surface area contributed by atoms with E-state index >= 15 is 0 Å². The number of hydrogen-bond donors (Lipinski definition) is 0. The van der Waals surface area contributed by atoms with Crippen molar-refractivity contribution in [1.82, 2.24) is 14.9 Å². The molecule has 0 bridgehead atoms. The number of nitrogens with zero attached hydrogens (tertiary/aromatic N) is 3. The highest BCUT2D eigenvalue weighted by Gasteiger charge is 2.35. The van der Waals surface area contributed by atoms with Crippen LogP contribution in [0, 0.1) is 0 Å². The third kappa shape index (κ3) is 3.65. The van der Waals surface area contributed by atoms with Gasteiger partial charge in [0.15, 0.2) is 5.16 Å². The van der Waals surface area contributed by atoms with Crippen molar-refractivity contribution in [1.29, 1.82) is 0 Å². The van der Waals surface area contributed by atoms with E-state index in [1.165, 1.54) is 27.1 Å². The summed E-state index contributed by atoms with van der Waals surface area (Å²) in [5, 5.41) is 2.77. The third-order valence-corrected chi connectivity index (χ3v) is 8.75. The zero-order valence-corrected chi connectivity index (χ0v) is 20.6.